The molecule has 0 saturated heterocycles. The first kappa shape index (κ1) is 22.2. The van der Waals surface area contributed by atoms with Crippen LogP contribution in [0.1, 0.15) is 23.8 Å². The first-order chi connectivity index (χ1) is 10.8. The van der Waals surface area contributed by atoms with E-state index >= 15 is 0 Å². The molecule has 0 spiro atoms. The molecule has 1 aromatic carbocycles. The molecule has 2 rings (SSSR count). The van der Waals surface area contributed by atoms with E-state index in [9.17, 15) is 4.79 Å². The number of hydrogen-bond acceptors (Lipinski definition) is 4. The summed E-state index contributed by atoms with van der Waals surface area (Å²) in [4.78, 5) is 16.1. The molecule has 0 aliphatic heterocycles. The zero-order valence-electron chi connectivity index (χ0n) is 13.5. The van der Waals surface area contributed by atoms with Gasteiger partial charge in [-0.15, -0.1) is 24.8 Å². The summed E-state index contributed by atoms with van der Waals surface area (Å²) < 4.78 is 5.69. The second-order valence-electron chi connectivity index (χ2n) is 4.80. The molecule has 0 atom stereocenters. The van der Waals surface area contributed by atoms with Gasteiger partial charge in [0.2, 0.25) is 0 Å². The monoisotopic (exact) mass is 371 g/mol. The van der Waals surface area contributed by atoms with Gasteiger partial charge in [-0.1, -0.05) is 25.1 Å². The first-order valence-corrected chi connectivity index (χ1v) is 7.47. The minimum absolute atomic E-state index is 0. The molecule has 0 radical (unpaired) electrons. The molecule has 1 aromatic heterocycles. The summed E-state index contributed by atoms with van der Waals surface area (Å²) in [5.41, 5.74) is 0.351. The molecule has 2 N–H and O–H groups in total. The van der Waals surface area contributed by atoms with Crippen molar-refractivity contribution in [3.8, 4) is 11.5 Å². The predicted molar refractivity (Wildman–Crippen MR) is 101 cm³/mol. The molecule has 2 aromatic rings. The number of rotatable bonds is 8. The van der Waals surface area contributed by atoms with Crippen molar-refractivity contribution < 1.29 is 9.53 Å². The van der Waals surface area contributed by atoms with Crippen molar-refractivity contribution in [2.24, 2.45) is 0 Å². The lowest BCUT2D eigenvalue weighted by atomic mass is 10.3. The summed E-state index contributed by atoms with van der Waals surface area (Å²) >= 11 is 0. The highest BCUT2D eigenvalue weighted by Crippen LogP contribution is 2.20. The Balaban J connectivity index is 0.00000264. The Bertz CT molecular complexity index is 597. The van der Waals surface area contributed by atoms with Crippen LogP contribution in [0.25, 0.3) is 0 Å². The van der Waals surface area contributed by atoms with E-state index in [4.69, 9.17) is 4.74 Å². The standard InChI is InChI=1S/C17H21N3O2.2ClH/c1-2-9-18-11-12-20-17(21)16-13-15(8-10-19-16)22-14-6-4-3-5-7-14;;/h3-8,10,13,18H,2,9,11-12H2,1H3,(H,20,21);2*1H. The molecule has 24 heavy (non-hydrogen) atoms. The van der Waals surface area contributed by atoms with E-state index in [2.05, 4.69) is 22.5 Å². The van der Waals surface area contributed by atoms with Crippen molar-refractivity contribution in [1.82, 2.24) is 15.6 Å². The van der Waals surface area contributed by atoms with Crippen LogP contribution < -0.4 is 15.4 Å². The summed E-state index contributed by atoms with van der Waals surface area (Å²) in [6.45, 7) is 4.38. The molecule has 0 saturated carbocycles. The molecule has 1 heterocycles. The highest BCUT2D eigenvalue weighted by Gasteiger charge is 2.08. The van der Waals surface area contributed by atoms with Crippen LogP contribution in [0.15, 0.2) is 48.7 Å². The van der Waals surface area contributed by atoms with Gasteiger partial charge < -0.3 is 15.4 Å². The van der Waals surface area contributed by atoms with E-state index in [1.165, 1.54) is 0 Å². The molecular weight excluding hydrogens is 349 g/mol. The van der Waals surface area contributed by atoms with Crippen LogP contribution in [-0.4, -0.2) is 30.5 Å². The lowest BCUT2D eigenvalue weighted by Crippen LogP contribution is -2.32. The lowest BCUT2D eigenvalue weighted by molar-refractivity contribution is 0.0948. The number of amides is 1. The van der Waals surface area contributed by atoms with E-state index in [-0.39, 0.29) is 30.7 Å². The number of carbonyl (C=O) groups excluding carboxylic acids is 1. The molecule has 0 aliphatic rings. The number of pyridine rings is 1. The Hall–Kier alpha value is -1.82. The van der Waals surface area contributed by atoms with Gasteiger partial charge in [-0.05, 0) is 31.2 Å². The van der Waals surface area contributed by atoms with Crippen LogP contribution in [0.5, 0.6) is 11.5 Å². The average Bonchev–Trinajstić information content (AvgIpc) is 2.56. The van der Waals surface area contributed by atoms with Crippen molar-refractivity contribution in [3.63, 3.8) is 0 Å². The van der Waals surface area contributed by atoms with Crippen LogP contribution in [0.2, 0.25) is 0 Å². The van der Waals surface area contributed by atoms with Gasteiger partial charge in [0.05, 0.1) is 0 Å². The van der Waals surface area contributed by atoms with Crippen LogP contribution in [-0.2, 0) is 0 Å². The summed E-state index contributed by atoms with van der Waals surface area (Å²) in [6.07, 6.45) is 2.65. The third-order valence-electron chi connectivity index (χ3n) is 2.96. The Kier molecular flexibility index (Phi) is 11.6. The van der Waals surface area contributed by atoms with Crippen molar-refractivity contribution >= 4 is 30.7 Å². The van der Waals surface area contributed by atoms with Gasteiger partial charge in [0, 0.05) is 25.4 Å². The number of aromatic nitrogens is 1. The second kappa shape index (κ2) is 12.6. The van der Waals surface area contributed by atoms with E-state index in [1.54, 1.807) is 18.3 Å². The minimum atomic E-state index is -0.197. The van der Waals surface area contributed by atoms with Gasteiger partial charge in [-0.2, -0.15) is 0 Å². The van der Waals surface area contributed by atoms with E-state index in [0.29, 0.717) is 18.0 Å². The van der Waals surface area contributed by atoms with Gasteiger partial charge >= 0.3 is 0 Å². The maximum atomic E-state index is 12.0. The zero-order chi connectivity index (χ0) is 15.6. The Labute approximate surface area is 155 Å². The molecular formula is C17H23Cl2N3O2. The normalized spacial score (nSPS) is 9.38. The highest BCUT2D eigenvalue weighted by atomic mass is 35.5. The molecule has 132 valence electrons. The van der Waals surface area contributed by atoms with Crippen LogP contribution in [0.4, 0.5) is 0 Å². The fourth-order valence-corrected chi connectivity index (χ4v) is 1.88. The SMILES string of the molecule is CCCNCCNC(=O)c1cc(Oc2ccccc2)ccn1.Cl.Cl. The number of benzene rings is 1. The van der Waals surface area contributed by atoms with E-state index < -0.39 is 0 Å². The van der Waals surface area contributed by atoms with Gasteiger partial charge in [0.1, 0.15) is 17.2 Å². The average molecular weight is 372 g/mol. The molecule has 7 heteroatoms. The number of ether oxygens (including phenoxy) is 1. The van der Waals surface area contributed by atoms with Crippen molar-refractivity contribution in [2.45, 2.75) is 13.3 Å². The van der Waals surface area contributed by atoms with Gasteiger partial charge in [0.15, 0.2) is 0 Å². The maximum absolute atomic E-state index is 12.0. The second-order valence-corrected chi connectivity index (χ2v) is 4.80. The van der Waals surface area contributed by atoms with Gasteiger partial charge in [-0.25, -0.2) is 0 Å². The van der Waals surface area contributed by atoms with Gasteiger partial charge in [0.25, 0.3) is 5.91 Å². The van der Waals surface area contributed by atoms with E-state index in [0.717, 1.165) is 25.3 Å². The fourth-order valence-electron chi connectivity index (χ4n) is 1.88. The molecule has 1 amide bonds. The zero-order valence-corrected chi connectivity index (χ0v) is 15.2. The molecule has 0 fully saturated rings. The van der Waals surface area contributed by atoms with Gasteiger partial charge in [-0.3, -0.25) is 9.78 Å². The van der Waals surface area contributed by atoms with Crippen molar-refractivity contribution in [1.29, 1.82) is 0 Å². The Morgan fingerprint density at radius 1 is 1.04 bits per heavy atom. The number of para-hydroxylation sites is 1. The smallest absolute Gasteiger partial charge is 0.270 e. The topological polar surface area (TPSA) is 63.2 Å². The number of hydrogen-bond donors (Lipinski definition) is 2. The van der Waals surface area contributed by atoms with Crippen LogP contribution >= 0.6 is 24.8 Å². The lowest BCUT2D eigenvalue weighted by Gasteiger charge is -2.08. The molecule has 0 aliphatic carbocycles. The minimum Gasteiger partial charge on any atom is -0.457 e. The quantitative estimate of drug-likeness (QED) is 0.697. The third-order valence-corrected chi connectivity index (χ3v) is 2.96. The van der Waals surface area contributed by atoms with Crippen molar-refractivity contribution in [2.75, 3.05) is 19.6 Å². The number of nitrogens with one attached hydrogen (secondary N) is 2. The maximum Gasteiger partial charge on any atom is 0.270 e. The highest BCUT2D eigenvalue weighted by molar-refractivity contribution is 5.92. The van der Waals surface area contributed by atoms with Crippen LogP contribution in [0.3, 0.4) is 0 Å². The summed E-state index contributed by atoms with van der Waals surface area (Å²) in [6, 6.07) is 12.8. The number of nitrogens with zero attached hydrogens (tertiary/aromatic N) is 1. The summed E-state index contributed by atoms with van der Waals surface area (Å²) in [5.74, 6) is 1.12. The Morgan fingerprint density at radius 3 is 2.50 bits per heavy atom. The largest absolute Gasteiger partial charge is 0.457 e. The predicted octanol–water partition coefficient (Wildman–Crippen LogP) is 3.45. The third kappa shape index (κ3) is 7.64. The summed E-state index contributed by atoms with van der Waals surface area (Å²) in [7, 11) is 0. The number of carbonyl (C=O) groups is 1. The Morgan fingerprint density at radius 2 is 1.79 bits per heavy atom. The summed E-state index contributed by atoms with van der Waals surface area (Å²) in [5, 5.41) is 6.06. The number of halogens is 2. The van der Waals surface area contributed by atoms with Crippen molar-refractivity contribution in [3.05, 3.63) is 54.4 Å². The molecule has 5 nitrogen and oxygen atoms in total. The molecule has 0 unspecified atom stereocenters. The molecule has 0 bridgehead atoms. The van der Waals surface area contributed by atoms with Crippen LogP contribution in [0, 0.1) is 0 Å². The van der Waals surface area contributed by atoms with E-state index in [1.807, 2.05) is 30.3 Å². The fraction of sp³-hybridized carbons (Fsp3) is 0.294. The first-order valence-electron chi connectivity index (χ1n) is 7.47.